The second-order valence-electron chi connectivity index (χ2n) is 5.28. The molecule has 4 N–H and O–H groups in total. The van der Waals surface area contributed by atoms with E-state index in [1.165, 1.54) is 0 Å². The summed E-state index contributed by atoms with van der Waals surface area (Å²) in [5, 5.41) is 23.3. The SMILES string of the molecule is C[C@@H](COc1ccc(C(=N)N[C@@H]2CCNC2)cc1)C(=O)O. The lowest BCUT2D eigenvalue weighted by atomic mass is 10.1. The highest BCUT2D eigenvalue weighted by atomic mass is 16.5. The van der Waals surface area contributed by atoms with Gasteiger partial charge in [0.1, 0.15) is 18.2 Å². The van der Waals surface area contributed by atoms with Crippen molar-refractivity contribution in [3.63, 3.8) is 0 Å². The van der Waals surface area contributed by atoms with Gasteiger partial charge in [-0.05, 0) is 44.2 Å². The second kappa shape index (κ2) is 7.08. The van der Waals surface area contributed by atoms with E-state index in [1.54, 1.807) is 31.2 Å². The van der Waals surface area contributed by atoms with Gasteiger partial charge in [0.15, 0.2) is 0 Å². The molecule has 0 amide bonds. The van der Waals surface area contributed by atoms with Crippen molar-refractivity contribution < 1.29 is 14.6 Å². The molecule has 1 aromatic rings. The summed E-state index contributed by atoms with van der Waals surface area (Å²) in [7, 11) is 0. The van der Waals surface area contributed by atoms with Crippen LogP contribution in [0.1, 0.15) is 18.9 Å². The molecule has 0 spiro atoms. The highest BCUT2D eigenvalue weighted by Gasteiger charge is 2.16. The fourth-order valence-electron chi connectivity index (χ4n) is 2.08. The van der Waals surface area contributed by atoms with E-state index >= 15 is 0 Å². The Morgan fingerprint density at radius 3 is 2.81 bits per heavy atom. The number of nitrogens with one attached hydrogen (secondary N) is 3. The number of hydrogen-bond donors (Lipinski definition) is 4. The van der Waals surface area contributed by atoms with Crippen molar-refractivity contribution in [1.82, 2.24) is 10.6 Å². The van der Waals surface area contributed by atoms with Crippen LogP contribution in [0.15, 0.2) is 24.3 Å². The minimum atomic E-state index is -0.872. The highest BCUT2D eigenvalue weighted by molar-refractivity contribution is 5.96. The number of ether oxygens (including phenoxy) is 1. The predicted octanol–water partition coefficient (Wildman–Crippen LogP) is 1.06. The summed E-state index contributed by atoms with van der Waals surface area (Å²) in [5.41, 5.74) is 0.792. The molecule has 2 atom stereocenters. The van der Waals surface area contributed by atoms with Crippen LogP contribution in [0.2, 0.25) is 0 Å². The second-order valence-corrected chi connectivity index (χ2v) is 5.28. The topological polar surface area (TPSA) is 94.4 Å². The number of rotatable bonds is 6. The van der Waals surface area contributed by atoms with Gasteiger partial charge >= 0.3 is 5.97 Å². The maximum absolute atomic E-state index is 10.7. The van der Waals surface area contributed by atoms with Gasteiger partial charge in [0.05, 0.1) is 5.92 Å². The summed E-state index contributed by atoms with van der Waals surface area (Å²) in [4.78, 5) is 10.7. The Labute approximate surface area is 124 Å². The maximum Gasteiger partial charge on any atom is 0.309 e. The quantitative estimate of drug-likeness (QED) is 0.464. The molecular weight excluding hydrogens is 270 g/mol. The third-order valence-corrected chi connectivity index (χ3v) is 3.47. The fourth-order valence-corrected chi connectivity index (χ4v) is 2.08. The van der Waals surface area contributed by atoms with E-state index in [-0.39, 0.29) is 6.61 Å². The summed E-state index contributed by atoms with van der Waals surface area (Å²) in [6.07, 6.45) is 1.02. The van der Waals surface area contributed by atoms with E-state index in [0.29, 0.717) is 17.6 Å². The van der Waals surface area contributed by atoms with Crippen molar-refractivity contribution in [2.24, 2.45) is 5.92 Å². The molecule has 0 saturated carbocycles. The molecule has 6 heteroatoms. The van der Waals surface area contributed by atoms with Gasteiger partial charge in [-0.2, -0.15) is 0 Å². The molecule has 1 aliphatic heterocycles. The zero-order valence-corrected chi connectivity index (χ0v) is 12.1. The molecule has 1 saturated heterocycles. The average molecular weight is 291 g/mol. The van der Waals surface area contributed by atoms with Crippen LogP contribution in [0.5, 0.6) is 5.75 Å². The first kappa shape index (κ1) is 15.3. The lowest BCUT2D eigenvalue weighted by molar-refractivity contribution is -0.142. The predicted molar refractivity (Wildman–Crippen MR) is 80.0 cm³/mol. The van der Waals surface area contributed by atoms with Gasteiger partial charge in [0, 0.05) is 18.2 Å². The third kappa shape index (κ3) is 4.46. The first-order chi connectivity index (χ1) is 10.1. The standard InChI is InChI=1S/C15H21N3O3/c1-10(15(19)20)9-21-13-4-2-11(3-5-13)14(16)18-12-6-7-17-8-12/h2-5,10,12,17H,6-9H2,1H3,(H2,16,18)(H,19,20)/t10-,12+/m0/s1. The number of benzene rings is 1. The molecule has 1 heterocycles. The third-order valence-electron chi connectivity index (χ3n) is 3.47. The monoisotopic (exact) mass is 291 g/mol. The van der Waals surface area contributed by atoms with Crippen LogP contribution in [0, 0.1) is 11.3 Å². The van der Waals surface area contributed by atoms with Crippen molar-refractivity contribution in [2.45, 2.75) is 19.4 Å². The zero-order valence-electron chi connectivity index (χ0n) is 12.1. The number of aliphatic carboxylic acids is 1. The molecule has 6 nitrogen and oxygen atoms in total. The molecule has 0 aliphatic carbocycles. The van der Waals surface area contributed by atoms with Crippen molar-refractivity contribution >= 4 is 11.8 Å². The minimum absolute atomic E-state index is 0.137. The van der Waals surface area contributed by atoms with Crippen molar-refractivity contribution in [1.29, 1.82) is 5.41 Å². The van der Waals surface area contributed by atoms with Gasteiger partial charge in [0.25, 0.3) is 0 Å². The Hall–Kier alpha value is -2.08. The number of carboxylic acids is 1. The largest absolute Gasteiger partial charge is 0.493 e. The smallest absolute Gasteiger partial charge is 0.309 e. The van der Waals surface area contributed by atoms with E-state index in [9.17, 15) is 4.79 Å². The number of hydrogen-bond acceptors (Lipinski definition) is 4. The molecule has 21 heavy (non-hydrogen) atoms. The van der Waals surface area contributed by atoms with Crippen LogP contribution in [-0.4, -0.2) is 42.6 Å². The Morgan fingerprint density at radius 1 is 1.52 bits per heavy atom. The van der Waals surface area contributed by atoms with Gasteiger partial charge in [-0.1, -0.05) is 0 Å². The highest BCUT2D eigenvalue weighted by Crippen LogP contribution is 2.14. The van der Waals surface area contributed by atoms with Crippen LogP contribution < -0.4 is 15.4 Å². The molecule has 0 bridgehead atoms. The summed E-state index contributed by atoms with van der Waals surface area (Å²) in [6.45, 7) is 3.61. The van der Waals surface area contributed by atoms with Crippen LogP contribution >= 0.6 is 0 Å². The van der Waals surface area contributed by atoms with E-state index < -0.39 is 11.9 Å². The van der Waals surface area contributed by atoms with Crippen LogP contribution in [0.4, 0.5) is 0 Å². The first-order valence-corrected chi connectivity index (χ1v) is 7.08. The van der Waals surface area contributed by atoms with Crippen molar-refractivity contribution in [2.75, 3.05) is 19.7 Å². The summed E-state index contributed by atoms with van der Waals surface area (Å²) >= 11 is 0. The molecular formula is C15H21N3O3. The molecule has 1 aromatic carbocycles. The van der Waals surface area contributed by atoms with Gasteiger partial charge in [0.2, 0.25) is 0 Å². The average Bonchev–Trinajstić information content (AvgIpc) is 2.98. The Morgan fingerprint density at radius 2 is 2.24 bits per heavy atom. The molecule has 0 radical (unpaired) electrons. The maximum atomic E-state index is 10.7. The van der Waals surface area contributed by atoms with Crippen LogP contribution in [-0.2, 0) is 4.79 Å². The van der Waals surface area contributed by atoms with Gasteiger partial charge in [-0.25, -0.2) is 0 Å². The summed E-state index contributed by atoms with van der Waals surface area (Å²) < 4.78 is 5.42. The molecule has 1 fully saturated rings. The van der Waals surface area contributed by atoms with E-state index in [1.807, 2.05) is 0 Å². The zero-order chi connectivity index (χ0) is 15.2. The van der Waals surface area contributed by atoms with Crippen LogP contribution in [0.25, 0.3) is 0 Å². The Balaban J connectivity index is 1.86. The van der Waals surface area contributed by atoms with E-state index in [4.69, 9.17) is 15.3 Å². The van der Waals surface area contributed by atoms with E-state index in [0.717, 1.165) is 25.1 Å². The molecule has 1 aliphatic rings. The summed E-state index contributed by atoms with van der Waals surface area (Å²) in [5.74, 6) is -0.404. The molecule has 0 unspecified atom stereocenters. The molecule has 2 rings (SSSR count). The molecule has 0 aromatic heterocycles. The van der Waals surface area contributed by atoms with E-state index in [2.05, 4.69) is 10.6 Å². The lowest BCUT2D eigenvalue weighted by Gasteiger charge is -2.14. The fraction of sp³-hybridized carbons (Fsp3) is 0.467. The minimum Gasteiger partial charge on any atom is -0.493 e. The van der Waals surface area contributed by atoms with Gasteiger partial charge in [-0.3, -0.25) is 10.2 Å². The number of carboxylic acid groups (broad SMARTS) is 1. The van der Waals surface area contributed by atoms with Crippen LogP contribution in [0.3, 0.4) is 0 Å². The lowest BCUT2D eigenvalue weighted by Crippen LogP contribution is -2.36. The number of carbonyl (C=O) groups is 1. The summed E-state index contributed by atoms with van der Waals surface area (Å²) in [6, 6.07) is 7.43. The first-order valence-electron chi connectivity index (χ1n) is 7.08. The van der Waals surface area contributed by atoms with Crippen molar-refractivity contribution in [3.05, 3.63) is 29.8 Å². The Bertz CT molecular complexity index is 495. The number of amidine groups is 1. The van der Waals surface area contributed by atoms with Gasteiger partial charge < -0.3 is 20.5 Å². The normalized spacial score (nSPS) is 19.0. The molecule has 114 valence electrons. The Kier molecular flexibility index (Phi) is 5.16. The van der Waals surface area contributed by atoms with Gasteiger partial charge in [-0.15, -0.1) is 0 Å². The van der Waals surface area contributed by atoms with Crippen molar-refractivity contribution in [3.8, 4) is 5.75 Å².